The van der Waals surface area contributed by atoms with Crippen molar-refractivity contribution in [1.82, 2.24) is 0 Å². The molecule has 0 atom stereocenters. The molecule has 2 aromatic rings. The summed E-state index contributed by atoms with van der Waals surface area (Å²) in [5.41, 5.74) is 0.706. The Labute approximate surface area is 99.0 Å². The van der Waals surface area contributed by atoms with Gasteiger partial charge in [0.05, 0.1) is 12.7 Å². The van der Waals surface area contributed by atoms with Crippen LogP contribution in [-0.4, -0.2) is 18.2 Å². The fourth-order valence-corrected chi connectivity index (χ4v) is 1.83. The Bertz CT molecular complexity index is 599. The van der Waals surface area contributed by atoms with Crippen molar-refractivity contribution in [2.24, 2.45) is 0 Å². The van der Waals surface area contributed by atoms with Crippen LogP contribution in [0.15, 0.2) is 43.0 Å². The number of hydrogen-bond acceptors (Lipinski definition) is 2. The van der Waals surface area contributed by atoms with Crippen molar-refractivity contribution in [1.29, 1.82) is 0 Å². The standard InChI is InChI=1S/C14H12O3/c1-9(14(15)16)10-7-8-13(17-2)12-6-4-3-5-11(10)12/h3-8H,1H2,2H3,(H,15,16). The van der Waals surface area contributed by atoms with E-state index >= 15 is 0 Å². The SMILES string of the molecule is C=C(C(=O)O)c1ccc(OC)c2ccccc12. The van der Waals surface area contributed by atoms with Crippen LogP contribution >= 0.6 is 0 Å². The quantitative estimate of drug-likeness (QED) is 0.821. The average molecular weight is 228 g/mol. The minimum Gasteiger partial charge on any atom is -0.496 e. The topological polar surface area (TPSA) is 46.5 Å². The third-order valence-corrected chi connectivity index (χ3v) is 2.69. The normalized spacial score (nSPS) is 10.2. The van der Waals surface area contributed by atoms with Crippen molar-refractivity contribution in [3.8, 4) is 5.75 Å². The van der Waals surface area contributed by atoms with Gasteiger partial charge in [-0.05, 0) is 23.1 Å². The molecule has 17 heavy (non-hydrogen) atoms. The van der Waals surface area contributed by atoms with Crippen molar-refractivity contribution >= 4 is 22.3 Å². The molecule has 0 aliphatic heterocycles. The highest BCUT2D eigenvalue weighted by molar-refractivity contribution is 6.18. The van der Waals surface area contributed by atoms with Gasteiger partial charge in [-0.1, -0.05) is 30.8 Å². The van der Waals surface area contributed by atoms with Gasteiger partial charge in [0.25, 0.3) is 0 Å². The van der Waals surface area contributed by atoms with E-state index in [0.29, 0.717) is 5.56 Å². The number of fused-ring (bicyclic) bond motifs is 1. The molecule has 2 aromatic carbocycles. The van der Waals surface area contributed by atoms with Crippen LogP contribution in [0.4, 0.5) is 0 Å². The lowest BCUT2D eigenvalue weighted by Gasteiger charge is -2.10. The molecule has 0 saturated carbocycles. The second kappa shape index (κ2) is 4.29. The minimum absolute atomic E-state index is 0.0869. The highest BCUT2D eigenvalue weighted by Crippen LogP contribution is 2.31. The Morgan fingerprint density at radius 3 is 2.41 bits per heavy atom. The second-order valence-electron chi connectivity index (χ2n) is 3.64. The molecule has 0 aliphatic rings. The molecule has 1 N–H and O–H groups in total. The molecule has 2 rings (SSSR count). The van der Waals surface area contributed by atoms with Crippen molar-refractivity contribution < 1.29 is 14.6 Å². The third kappa shape index (κ3) is 1.87. The smallest absolute Gasteiger partial charge is 0.335 e. The summed E-state index contributed by atoms with van der Waals surface area (Å²) in [6, 6.07) is 11.0. The number of rotatable bonds is 3. The van der Waals surface area contributed by atoms with Crippen molar-refractivity contribution in [2.75, 3.05) is 7.11 Å². The molecule has 3 nitrogen and oxygen atoms in total. The lowest BCUT2D eigenvalue weighted by atomic mass is 9.98. The van der Waals surface area contributed by atoms with Gasteiger partial charge in [-0.25, -0.2) is 4.79 Å². The Hall–Kier alpha value is -2.29. The molecule has 0 bridgehead atoms. The van der Waals surface area contributed by atoms with Gasteiger partial charge in [-0.3, -0.25) is 0 Å². The summed E-state index contributed by atoms with van der Waals surface area (Å²) in [6.07, 6.45) is 0. The van der Waals surface area contributed by atoms with Gasteiger partial charge >= 0.3 is 5.97 Å². The van der Waals surface area contributed by atoms with Gasteiger partial charge in [-0.2, -0.15) is 0 Å². The summed E-state index contributed by atoms with van der Waals surface area (Å²) in [5, 5.41) is 10.7. The van der Waals surface area contributed by atoms with E-state index in [1.807, 2.05) is 24.3 Å². The summed E-state index contributed by atoms with van der Waals surface area (Å²) in [4.78, 5) is 11.0. The van der Waals surface area contributed by atoms with Gasteiger partial charge in [0.1, 0.15) is 5.75 Å². The Morgan fingerprint density at radius 1 is 1.18 bits per heavy atom. The van der Waals surface area contributed by atoms with Crippen molar-refractivity contribution in [2.45, 2.75) is 0 Å². The molecule has 0 saturated heterocycles. The summed E-state index contributed by atoms with van der Waals surface area (Å²) in [7, 11) is 1.59. The predicted molar refractivity (Wildman–Crippen MR) is 67.2 cm³/mol. The Kier molecular flexibility index (Phi) is 2.83. The lowest BCUT2D eigenvalue weighted by molar-refractivity contribution is -0.130. The van der Waals surface area contributed by atoms with Crippen molar-refractivity contribution in [3.05, 3.63) is 48.5 Å². The number of carbonyl (C=O) groups is 1. The summed E-state index contributed by atoms with van der Waals surface area (Å²) >= 11 is 0. The molecule has 0 aromatic heterocycles. The maximum absolute atomic E-state index is 11.0. The van der Waals surface area contributed by atoms with Gasteiger partial charge in [0, 0.05) is 5.39 Å². The molecule has 0 aliphatic carbocycles. The first-order valence-electron chi connectivity index (χ1n) is 5.13. The number of aliphatic carboxylic acids is 1. The first kappa shape index (κ1) is 11.2. The van der Waals surface area contributed by atoms with Crippen LogP contribution in [0, 0.1) is 0 Å². The monoisotopic (exact) mass is 228 g/mol. The molecule has 0 fully saturated rings. The number of carboxylic acid groups (broad SMARTS) is 1. The highest BCUT2D eigenvalue weighted by Gasteiger charge is 2.12. The summed E-state index contributed by atoms with van der Waals surface area (Å²) < 4.78 is 5.25. The van der Waals surface area contributed by atoms with Gasteiger partial charge < -0.3 is 9.84 Å². The van der Waals surface area contributed by atoms with Crippen LogP contribution in [-0.2, 0) is 4.79 Å². The molecule has 0 spiro atoms. The number of methoxy groups -OCH3 is 1. The zero-order chi connectivity index (χ0) is 12.4. The number of benzene rings is 2. The van der Waals surface area contributed by atoms with E-state index in [4.69, 9.17) is 9.84 Å². The number of hydrogen-bond donors (Lipinski definition) is 1. The zero-order valence-corrected chi connectivity index (χ0v) is 9.43. The number of carboxylic acids is 1. The minimum atomic E-state index is -1.01. The fraction of sp³-hybridized carbons (Fsp3) is 0.0714. The summed E-state index contributed by atoms with van der Waals surface area (Å²) in [5.74, 6) is -0.289. The van der Waals surface area contributed by atoms with Crippen LogP contribution < -0.4 is 4.74 Å². The van der Waals surface area contributed by atoms with Crippen LogP contribution in [0.1, 0.15) is 5.56 Å². The molecule has 0 amide bonds. The Morgan fingerprint density at radius 2 is 1.82 bits per heavy atom. The van der Waals surface area contributed by atoms with E-state index in [1.54, 1.807) is 19.2 Å². The van der Waals surface area contributed by atoms with Gasteiger partial charge in [0.2, 0.25) is 0 Å². The average Bonchev–Trinajstić information content (AvgIpc) is 2.36. The molecular formula is C14H12O3. The van der Waals surface area contributed by atoms with Crippen LogP contribution in [0.3, 0.4) is 0 Å². The third-order valence-electron chi connectivity index (χ3n) is 2.69. The zero-order valence-electron chi connectivity index (χ0n) is 9.43. The van der Waals surface area contributed by atoms with Crippen LogP contribution in [0.25, 0.3) is 16.3 Å². The van der Waals surface area contributed by atoms with Crippen LogP contribution in [0.2, 0.25) is 0 Å². The molecule has 0 radical (unpaired) electrons. The maximum Gasteiger partial charge on any atom is 0.335 e. The lowest BCUT2D eigenvalue weighted by Crippen LogP contribution is -1.99. The summed E-state index contributed by atoms with van der Waals surface area (Å²) in [6.45, 7) is 3.59. The van der Waals surface area contributed by atoms with Crippen LogP contribution in [0.5, 0.6) is 5.75 Å². The fourth-order valence-electron chi connectivity index (χ4n) is 1.83. The van der Waals surface area contributed by atoms with Gasteiger partial charge in [0.15, 0.2) is 0 Å². The molecule has 0 heterocycles. The van der Waals surface area contributed by atoms with E-state index in [2.05, 4.69) is 6.58 Å². The highest BCUT2D eigenvalue weighted by atomic mass is 16.5. The molecular weight excluding hydrogens is 216 g/mol. The predicted octanol–water partition coefficient (Wildman–Crippen LogP) is 2.95. The van der Waals surface area contributed by atoms with E-state index in [9.17, 15) is 4.79 Å². The Balaban J connectivity index is 2.75. The van der Waals surface area contributed by atoms with E-state index in [0.717, 1.165) is 16.5 Å². The first-order valence-corrected chi connectivity index (χ1v) is 5.13. The molecule has 3 heteroatoms. The second-order valence-corrected chi connectivity index (χ2v) is 3.64. The van der Waals surface area contributed by atoms with E-state index < -0.39 is 5.97 Å². The van der Waals surface area contributed by atoms with E-state index in [-0.39, 0.29) is 5.57 Å². The van der Waals surface area contributed by atoms with E-state index in [1.165, 1.54) is 0 Å². The molecule has 86 valence electrons. The molecule has 0 unspecified atom stereocenters. The number of ether oxygens (including phenoxy) is 1. The largest absolute Gasteiger partial charge is 0.496 e. The van der Waals surface area contributed by atoms with Crippen molar-refractivity contribution in [3.63, 3.8) is 0 Å². The maximum atomic E-state index is 11.0. The first-order chi connectivity index (χ1) is 8.15. The van der Waals surface area contributed by atoms with Gasteiger partial charge in [-0.15, -0.1) is 0 Å².